The largest absolute Gasteiger partial charge is 0.378 e. The molecule has 4 unspecified atom stereocenters. The summed E-state index contributed by atoms with van der Waals surface area (Å²) in [6, 6.07) is 0. The minimum atomic E-state index is -0.536. The van der Waals surface area contributed by atoms with Crippen molar-refractivity contribution in [2.45, 2.75) is 130 Å². The van der Waals surface area contributed by atoms with E-state index >= 15 is 0 Å². The lowest BCUT2D eigenvalue weighted by molar-refractivity contribution is -0.349. The predicted molar refractivity (Wildman–Crippen MR) is 245 cm³/mol. The zero-order valence-electron chi connectivity index (χ0n) is 45.3. The van der Waals surface area contributed by atoms with Gasteiger partial charge in [0.1, 0.15) is 79.4 Å². The molecule has 0 aromatic rings. The smallest absolute Gasteiger partial charge is 0.189 e. The maximum absolute atomic E-state index is 5.55. The van der Waals surface area contributed by atoms with Crippen LogP contribution in [-0.4, -0.2) is 292 Å². The molecule has 0 aromatic heterocycles. The fraction of sp³-hybridized carbons (Fsp3) is 1.00. The molecule has 0 N–H and O–H groups in total. The first-order valence-electron chi connectivity index (χ1n) is 22.6. The van der Waals surface area contributed by atoms with Gasteiger partial charge in [-0.2, -0.15) is 0 Å². The molecule has 70 heavy (non-hydrogen) atoms. The van der Waals surface area contributed by atoms with Gasteiger partial charge >= 0.3 is 0 Å². The summed E-state index contributed by atoms with van der Waals surface area (Å²) in [5.41, 5.74) is 0. The first kappa shape index (κ1) is 67.0. The molecule has 0 saturated carbocycles. The normalized spacial score (nSPS) is 38.6. The summed E-state index contributed by atoms with van der Waals surface area (Å²) < 4.78 is 132. The first-order chi connectivity index (χ1) is 33.9. The van der Waals surface area contributed by atoms with Crippen LogP contribution in [0.5, 0.6) is 0 Å². The minimum Gasteiger partial charge on any atom is -0.378 e. The topological polar surface area (TPSA) is 231 Å². The lowest BCUT2D eigenvalue weighted by Crippen LogP contribution is -2.60. The second-order valence-corrected chi connectivity index (χ2v) is 15.6. The molecule has 0 radical (unpaired) electrons. The predicted octanol–water partition coefficient (Wildman–Crippen LogP) is 0.518. The standard InChI is InChI=1S/C10H20O6.3C9H18O5.C8H16O4/c1-11-6-7(12-2)9(14-4)16-10(15-5)8(6)13-3;3*1-10-6-5-14-9(13-4)8(12-3)7(6)11-2;1-9-6-4-8(11-3)12-5-7(6)10-2/h6-10H,1-5H3;3*6-9H,5H2,1-4H3;6-8H,4-5H2,1-3H3/t6?,7-,8+,9-,10-;6-,7+,8-,9?;6-,7-,8+,9?;6-,7-,8+,9-;6-,7+,8?/m01110/s1. The molecule has 0 spiro atoms. The van der Waals surface area contributed by atoms with Crippen LogP contribution in [0, 0.1) is 0 Å². The van der Waals surface area contributed by atoms with Crippen molar-refractivity contribution in [2.24, 2.45) is 0 Å². The molecule has 0 aliphatic carbocycles. The van der Waals surface area contributed by atoms with Crippen LogP contribution in [0.15, 0.2) is 0 Å². The van der Waals surface area contributed by atoms with Gasteiger partial charge in [-0.15, -0.1) is 0 Å². The van der Waals surface area contributed by atoms with E-state index in [4.69, 9.17) is 118 Å². The lowest BCUT2D eigenvalue weighted by Gasteiger charge is -2.43. The lowest BCUT2D eigenvalue weighted by atomic mass is 10.0. The van der Waals surface area contributed by atoms with E-state index in [-0.39, 0.29) is 91.7 Å². The molecule has 25 nitrogen and oxygen atoms in total. The molecular formula is C45H90O25. The molecule has 0 amide bonds. The molecule has 20 atom stereocenters. The molecule has 5 aliphatic heterocycles. The van der Waals surface area contributed by atoms with Crippen LogP contribution in [0.2, 0.25) is 0 Å². The molecular weight excluding hydrogens is 940 g/mol. The van der Waals surface area contributed by atoms with Gasteiger partial charge in [-0.1, -0.05) is 0 Å². The van der Waals surface area contributed by atoms with E-state index in [1.54, 1.807) is 142 Å². The average molecular weight is 1030 g/mol. The third-order valence-corrected chi connectivity index (χ3v) is 12.3. The highest BCUT2D eigenvalue weighted by Gasteiger charge is 2.48. The molecule has 5 fully saturated rings. The molecule has 5 rings (SSSR count). The van der Waals surface area contributed by atoms with Crippen molar-refractivity contribution in [3.63, 3.8) is 0 Å². The summed E-state index contributed by atoms with van der Waals surface area (Å²) in [5.74, 6) is 0. The van der Waals surface area contributed by atoms with E-state index in [0.29, 0.717) is 26.4 Å². The Bertz CT molecular complexity index is 1080. The fourth-order valence-electron chi connectivity index (χ4n) is 8.32. The van der Waals surface area contributed by atoms with Crippen LogP contribution in [0.4, 0.5) is 0 Å². The highest BCUT2D eigenvalue weighted by atomic mass is 16.8. The van der Waals surface area contributed by atoms with Gasteiger partial charge in [-0.3, -0.25) is 0 Å². The number of hydrogen-bond donors (Lipinski definition) is 0. The average Bonchev–Trinajstić information content (AvgIpc) is 3.42. The number of rotatable bonds is 20. The third kappa shape index (κ3) is 19.3. The Morgan fingerprint density at radius 2 is 0.471 bits per heavy atom. The highest BCUT2D eigenvalue weighted by molar-refractivity contribution is 4.90. The monoisotopic (exact) mass is 1030 g/mol. The maximum Gasteiger partial charge on any atom is 0.189 e. The van der Waals surface area contributed by atoms with Crippen molar-refractivity contribution in [2.75, 3.05) is 169 Å². The van der Waals surface area contributed by atoms with E-state index in [0.717, 1.165) is 6.42 Å². The number of ether oxygens (including phenoxy) is 25. The van der Waals surface area contributed by atoms with Crippen LogP contribution < -0.4 is 0 Å². The summed E-state index contributed by atoms with van der Waals surface area (Å²) in [4.78, 5) is 0. The second kappa shape index (κ2) is 38.5. The van der Waals surface area contributed by atoms with Gasteiger partial charge in [-0.25, -0.2) is 0 Å². The highest BCUT2D eigenvalue weighted by Crippen LogP contribution is 2.28. The van der Waals surface area contributed by atoms with Gasteiger partial charge in [0.2, 0.25) is 0 Å². The van der Waals surface area contributed by atoms with Gasteiger partial charge in [0.15, 0.2) is 37.7 Å². The summed E-state index contributed by atoms with van der Waals surface area (Å²) in [6.07, 6.45) is -4.20. The summed E-state index contributed by atoms with van der Waals surface area (Å²) in [5, 5.41) is 0. The maximum atomic E-state index is 5.55. The van der Waals surface area contributed by atoms with Crippen LogP contribution in [-0.2, 0) is 118 Å². The Kier molecular flexibility index (Phi) is 36.9. The Morgan fingerprint density at radius 3 is 0.700 bits per heavy atom. The van der Waals surface area contributed by atoms with E-state index in [9.17, 15) is 0 Å². The molecule has 5 saturated heterocycles. The van der Waals surface area contributed by atoms with Gasteiger partial charge in [0.05, 0.1) is 32.5 Å². The quantitative estimate of drug-likeness (QED) is 0.162. The van der Waals surface area contributed by atoms with Crippen molar-refractivity contribution in [3.05, 3.63) is 0 Å². The minimum absolute atomic E-state index is 0.0291. The summed E-state index contributed by atoms with van der Waals surface area (Å²) in [7, 11) is 32.1. The van der Waals surface area contributed by atoms with Gasteiger partial charge in [-0.05, 0) is 0 Å². The summed E-state index contributed by atoms with van der Waals surface area (Å²) >= 11 is 0. The molecule has 5 aliphatic rings. The van der Waals surface area contributed by atoms with Gasteiger partial charge < -0.3 is 118 Å². The van der Waals surface area contributed by atoms with Crippen LogP contribution >= 0.6 is 0 Å². The van der Waals surface area contributed by atoms with E-state index in [1.165, 1.54) is 0 Å². The van der Waals surface area contributed by atoms with E-state index in [1.807, 2.05) is 0 Å². The molecule has 0 aromatic carbocycles. The van der Waals surface area contributed by atoms with Crippen molar-refractivity contribution in [1.29, 1.82) is 0 Å². The number of hydrogen-bond acceptors (Lipinski definition) is 25. The van der Waals surface area contributed by atoms with E-state index < -0.39 is 31.5 Å². The number of methoxy groups -OCH3 is 20. The SMILES string of the molecule is COC1C[C@H](OC)[C@H](OC)CO1.COC1OC[C@@H](OC)[C@@H](OC)[C@@H]1OC.COC1OC[C@@H](OC)[C@H](OC)[C@H]1OC.COC1[C@@H](OC)[C@@H](OC)O[C@H](OC)[C@H]1OC.CO[C@@H]1OC[C@@H](OC)[C@@H](OC)[C@@H]1OC. The Balaban J connectivity index is 0.000000439. The van der Waals surface area contributed by atoms with Gasteiger partial charge in [0.25, 0.3) is 0 Å². The van der Waals surface area contributed by atoms with Gasteiger partial charge in [0, 0.05) is 149 Å². The first-order valence-corrected chi connectivity index (χ1v) is 22.6. The van der Waals surface area contributed by atoms with E-state index in [2.05, 4.69) is 0 Å². The third-order valence-electron chi connectivity index (χ3n) is 12.3. The molecule has 25 heteroatoms. The Labute approximate surface area is 416 Å². The van der Waals surface area contributed by atoms with Crippen LogP contribution in [0.3, 0.4) is 0 Å². The fourth-order valence-corrected chi connectivity index (χ4v) is 8.32. The van der Waals surface area contributed by atoms with Crippen molar-refractivity contribution in [3.8, 4) is 0 Å². The Morgan fingerprint density at radius 1 is 0.214 bits per heavy atom. The van der Waals surface area contributed by atoms with Crippen LogP contribution in [0.25, 0.3) is 0 Å². The van der Waals surface area contributed by atoms with Crippen LogP contribution in [0.1, 0.15) is 6.42 Å². The summed E-state index contributed by atoms with van der Waals surface area (Å²) in [6.45, 7) is 1.89. The molecule has 5 heterocycles. The van der Waals surface area contributed by atoms with Crippen molar-refractivity contribution in [1.82, 2.24) is 0 Å². The molecule has 420 valence electrons. The van der Waals surface area contributed by atoms with Crippen molar-refractivity contribution >= 4 is 0 Å². The van der Waals surface area contributed by atoms with Crippen molar-refractivity contribution < 1.29 is 118 Å². The zero-order valence-corrected chi connectivity index (χ0v) is 45.3. The zero-order chi connectivity index (χ0) is 52.8. The Hall–Kier alpha value is -1.00. The second-order valence-electron chi connectivity index (χ2n) is 15.6. The molecule has 0 bridgehead atoms.